The highest BCUT2D eigenvalue weighted by Crippen LogP contribution is 2.37. The van der Waals surface area contributed by atoms with E-state index in [0.29, 0.717) is 6.54 Å². The first-order valence-electron chi connectivity index (χ1n) is 8.32. The maximum absolute atomic E-state index is 12.8. The van der Waals surface area contributed by atoms with Crippen LogP contribution in [-0.4, -0.2) is 30.9 Å². The fourth-order valence-electron chi connectivity index (χ4n) is 3.37. The molecular weight excluding hydrogens is 316 g/mol. The summed E-state index contributed by atoms with van der Waals surface area (Å²) in [6, 6.07) is 17.0. The number of likely N-dealkylation sites (tertiary alicyclic amines) is 1. The monoisotopic (exact) mass is 338 g/mol. The number of hydrogen-bond acceptors (Lipinski definition) is 3. The number of nitrogens with one attached hydrogen (secondary N) is 1. The second-order valence-corrected chi connectivity index (χ2v) is 6.20. The van der Waals surface area contributed by atoms with E-state index in [1.54, 1.807) is 19.1 Å². The van der Waals surface area contributed by atoms with Gasteiger partial charge in [-0.2, -0.15) is 0 Å². The van der Waals surface area contributed by atoms with E-state index in [1.165, 1.54) is 0 Å². The van der Waals surface area contributed by atoms with Crippen molar-refractivity contribution in [2.45, 2.75) is 19.0 Å². The number of hydrogen-bond donors (Lipinski definition) is 1. The first-order valence-corrected chi connectivity index (χ1v) is 8.32. The molecule has 1 aliphatic rings. The summed E-state index contributed by atoms with van der Waals surface area (Å²) in [6.07, 6.45) is 0.230. The van der Waals surface area contributed by atoms with Crippen LogP contribution in [0.25, 0.3) is 0 Å². The average molecular weight is 338 g/mol. The third-order valence-corrected chi connectivity index (χ3v) is 4.71. The zero-order valence-electron chi connectivity index (χ0n) is 14.4. The van der Waals surface area contributed by atoms with E-state index in [2.05, 4.69) is 5.32 Å². The van der Waals surface area contributed by atoms with Crippen LogP contribution in [0.3, 0.4) is 0 Å². The molecule has 25 heavy (non-hydrogen) atoms. The molecule has 130 valence electrons. The summed E-state index contributed by atoms with van der Waals surface area (Å²) in [7, 11) is 3.37. The fourth-order valence-corrected chi connectivity index (χ4v) is 3.37. The number of carbonyl (C=O) groups is 2. The van der Waals surface area contributed by atoms with Gasteiger partial charge in [-0.25, -0.2) is 0 Å². The van der Waals surface area contributed by atoms with Gasteiger partial charge in [-0.15, -0.1) is 0 Å². The molecule has 1 heterocycles. The first-order chi connectivity index (χ1) is 12.1. The maximum atomic E-state index is 12.8. The second kappa shape index (κ2) is 7.38. The third-order valence-electron chi connectivity index (χ3n) is 4.71. The van der Waals surface area contributed by atoms with Crippen LogP contribution >= 0.6 is 0 Å². The molecule has 2 aromatic carbocycles. The molecule has 3 rings (SSSR count). The predicted molar refractivity (Wildman–Crippen MR) is 94.9 cm³/mol. The van der Waals surface area contributed by atoms with Gasteiger partial charge in [-0.05, 0) is 11.6 Å². The Kier molecular flexibility index (Phi) is 5.03. The van der Waals surface area contributed by atoms with Gasteiger partial charge in [-0.1, -0.05) is 48.5 Å². The van der Waals surface area contributed by atoms with Gasteiger partial charge in [0.05, 0.1) is 19.1 Å². The van der Waals surface area contributed by atoms with Crippen molar-refractivity contribution in [3.8, 4) is 5.75 Å². The first kappa shape index (κ1) is 17.0. The molecule has 1 N–H and O–H groups in total. The van der Waals surface area contributed by atoms with Gasteiger partial charge < -0.3 is 15.0 Å². The summed E-state index contributed by atoms with van der Waals surface area (Å²) in [6.45, 7) is 0.374. The lowest BCUT2D eigenvalue weighted by molar-refractivity contribution is -0.128. The molecule has 5 heteroatoms. The summed E-state index contributed by atoms with van der Waals surface area (Å²) < 4.78 is 5.31. The summed E-state index contributed by atoms with van der Waals surface area (Å²) >= 11 is 0. The van der Waals surface area contributed by atoms with Gasteiger partial charge in [0.25, 0.3) is 0 Å². The highest BCUT2D eigenvalue weighted by Gasteiger charge is 2.42. The molecule has 0 aliphatic carbocycles. The number of para-hydroxylation sites is 1. The Morgan fingerprint density at radius 3 is 2.56 bits per heavy atom. The van der Waals surface area contributed by atoms with Gasteiger partial charge in [0.2, 0.25) is 11.8 Å². The minimum absolute atomic E-state index is 0.00806. The van der Waals surface area contributed by atoms with Gasteiger partial charge in [0, 0.05) is 25.6 Å². The number of rotatable bonds is 5. The molecule has 0 bridgehead atoms. The number of carbonyl (C=O) groups excluding carboxylic acids is 2. The number of nitrogens with zero attached hydrogens (tertiary/aromatic N) is 1. The van der Waals surface area contributed by atoms with Crippen molar-refractivity contribution in [2.75, 3.05) is 14.2 Å². The summed E-state index contributed by atoms with van der Waals surface area (Å²) in [5.74, 6) is 0.223. The Bertz CT molecular complexity index is 761. The fraction of sp³-hybridized carbons (Fsp3) is 0.300. The Morgan fingerprint density at radius 2 is 1.84 bits per heavy atom. The van der Waals surface area contributed by atoms with Crippen LogP contribution in [0.1, 0.15) is 23.6 Å². The van der Waals surface area contributed by atoms with Crippen LogP contribution in [0.5, 0.6) is 5.75 Å². The second-order valence-electron chi connectivity index (χ2n) is 6.20. The Labute approximate surface area is 147 Å². The van der Waals surface area contributed by atoms with Crippen LogP contribution in [0, 0.1) is 5.92 Å². The lowest BCUT2D eigenvalue weighted by Gasteiger charge is -2.25. The standard InChI is InChI=1S/C20H22N2O3/c1-22-18(23)12-16(19(22)14-8-4-3-5-9-14)20(24)21-13-15-10-6-7-11-17(15)25-2/h3-11,16,19H,12-13H2,1-2H3,(H,21,24)/t16-,19-/m1/s1. The lowest BCUT2D eigenvalue weighted by atomic mass is 9.93. The van der Waals surface area contributed by atoms with Crippen LogP contribution in [0.15, 0.2) is 54.6 Å². The number of benzene rings is 2. The largest absolute Gasteiger partial charge is 0.496 e. The molecule has 2 aromatic rings. The minimum atomic E-state index is -0.394. The molecule has 2 atom stereocenters. The Balaban J connectivity index is 1.75. The molecular formula is C20H22N2O3. The number of amides is 2. The summed E-state index contributed by atoms with van der Waals surface area (Å²) in [5, 5.41) is 2.96. The van der Waals surface area contributed by atoms with Gasteiger partial charge in [0.15, 0.2) is 0 Å². The zero-order chi connectivity index (χ0) is 17.8. The lowest BCUT2D eigenvalue weighted by Crippen LogP contribution is -2.34. The van der Waals surface area contributed by atoms with Crippen molar-refractivity contribution in [1.82, 2.24) is 10.2 Å². The van der Waals surface area contributed by atoms with Crippen molar-refractivity contribution >= 4 is 11.8 Å². The third kappa shape index (κ3) is 3.50. The van der Waals surface area contributed by atoms with Crippen LogP contribution in [-0.2, 0) is 16.1 Å². The zero-order valence-corrected chi connectivity index (χ0v) is 14.4. The molecule has 0 aromatic heterocycles. The van der Waals surface area contributed by atoms with Crippen LogP contribution in [0.4, 0.5) is 0 Å². The molecule has 0 saturated carbocycles. The number of methoxy groups -OCH3 is 1. The van der Waals surface area contributed by atoms with Crippen molar-refractivity contribution in [1.29, 1.82) is 0 Å². The SMILES string of the molecule is COc1ccccc1CNC(=O)[C@@H]1CC(=O)N(C)[C@@H]1c1ccccc1. The highest BCUT2D eigenvalue weighted by atomic mass is 16.5. The quantitative estimate of drug-likeness (QED) is 0.911. The predicted octanol–water partition coefficient (Wildman–Crippen LogP) is 2.53. The topological polar surface area (TPSA) is 58.6 Å². The van der Waals surface area contributed by atoms with Crippen molar-refractivity contribution < 1.29 is 14.3 Å². The van der Waals surface area contributed by atoms with Crippen molar-refractivity contribution in [2.24, 2.45) is 5.92 Å². The minimum Gasteiger partial charge on any atom is -0.496 e. The highest BCUT2D eigenvalue weighted by molar-refractivity contribution is 5.90. The Morgan fingerprint density at radius 1 is 1.16 bits per heavy atom. The molecule has 2 amide bonds. The number of ether oxygens (including phenoxy) is 1. The van der Waals surface area contributed by atoms with E-state index < -0.39 is 5.92 Å². The van der Waals surface area contributed by atoms with E-state index in [0.717, 1.165) is 16.9 Å². The normalized spacial score (nSPS) is 19.8. The van der Waals surface area contributed by atoms with E-state index in [-0.39, 0.29) is 24.3 Å². The van der Waals surface area contributed by atoms with Crippen LogP contribution in [0.2, 0.25) is 0 Å². The average Bonchev–Trinajstić information content (AvgIpc) is 2.95. The van der Waals surface area contributed by atoms with E-state index in [1.807, 2.05) is 54.6 Å². The molecule has 0 spiro atoms. The summed E-state index contributed by atoms with van der Waals surface area (Å²) in [5.41, 5.74) is 1.89. The van der Waals surface area contributed by atoms with Crippen LogP contribution < -0.4 is 10.1 Å². The maximum Gasteiger partial charge on any atom is 0.226 e. The smallest absolute Gasteiger partial charge is 0.226 e. The molecule has 1 aliphatic heterocycles. The molecule has 0 unspecified atom stereocenters. The van der Waals surface area contributed by atoms with E-state index >= 15 is 0 Å². The van der Waals surface area contributed by atoms with Crippen molar-refractivity contribution in [3.63, 3.8) is 0 Å². The summed E-state index contributed by atoms with van der Waals surface area (Å²) in [4.78, 5) is 26.6. The van der Waals surface area contributed by atoms with E-state index in [9.17, 15) is 9.59 Å². The van der Waals surface area contributed by atoms with Gasteiger partial charge in [0.1, 0.15) is 5.75 Å². The molecule has 1 fully saturated rings. The van der Waals surface area contributed by atoms with Gasteiger partial charge in [-0.3, -0.25) is 9.59 Å². The van der Waals surface area contributed by atoms with E-state index in [4.69, 9.17) is 4.74 Å². The van der Waals surface area contributed by atoms with Crippen molar-refractivity contribution in [3.05, 3.63) is 65.7 Å². The molecule has 0 radical (unpaired) electrons. The van der Waals surface area contributed by atoms with Gasteiger partial charge >= 0.3 is 0 Å². The molecule has 5 nitrogen and oxygen atoms in total. The Hall–Kier alpha value is -2.82. The molecule has 1 saturated heterocycles.